The van der Waals surface area contributed by atoms with E-state index in [0.717, 1.165) is 19.1 Å². The first-order valence-corrected chi connectivity index (χ1v) is 6.87. The summed E-state index contributed by atoms with van der Waals surface area (Å²) in [7, 11) is 0. The van der Waals surface area contributed by atoms with Crippen LogP contribution >= 0.6 is 0 Å². The van der Waals surface area contributed by atoms with E-state index in [9.17, 15) is 0 Å². The summed E-state index contributed by atoms with van der Waals surface area (Å²) in [6, 6.07) is 0.642. The summed E-state index contributed by atoms with van der Waals surface area (Å²) in [5.41, 5.74) is 0.307. The Kier molecular flexibility index (Phi) is 5.26. The molecule has 1 rings (SSSR count). The summed E-state index contributed by atoms with van der Waals surface area (Å²) in [6.07, 6.45) is 4.25. The molecule has 0 radical (unpaired) electrons. The Morgan fingerprint density at radius 1 is 1.38 bits per heavy atom. The molecule has 1 aliphatic carbocycles. The molecule has 3 unspecified atom stereocenters. The van der Waals surface area contributed by atoms with E-state index in [1.165, 1.54) is 19.3 Å². The fourth-order valence-electron chi connectivity index (χ4n) is 2.65. The molecule has 0 saturated heterocycles. The number of hydrogen-bond acceptors (Lipinski definition) is 2. The van der Waals surface area contributed by atoms with Crippen LogP contribution in [0.3, 0.4) is 0 Å². The van der Waals surface area contributed by atoms with Gasteiger partial charge in [-0.05, 0) is 32.2 Å². The number of nitrogens with one attached hydrogen (secondary N) is 1. The van der Waals surface area contributed by atoms with Crippen molar-refractivity contribution in [3.63, 3.8) is 0 Å². The summed E-state index contributed by atoms with van der Waals surface area (Å²) >= 11 is 0. The van der Waals surface area contributed by atoms with Gasteiger partial charge >= 0.3 is 0 Å². The summed E-state index contributed by atoms with van der Waals surface area (Å²) in [4.78, 5) is 0. The van der Waals surface area contributed by atoms with Crippen molar-refractivity contribution in [2.24, 2.45) is 11.3 Å². The molecule has 0 aromatic heterocycles. The van der Waals surface area contributed by atoms with Gasteiger partial charge in [0.2, 0.25) is 0 Å². The number of rotatable bonds is 7. The lowest BCUT2D eigenvalue weighted by atomic mass is 9.64. The van der Waals surface area contributed by atoms with Crippen molar-refractivity contribution in [1.29, 1.82) is 0 Å². The molecule has 0 aliphatic heterocycles. The first kappa shape index (κ1) is 14.0. The van der Waals surface area contributed by atoms with Gasteiger partial charge in [0.1, 0.15) is 0 Å². The first-order chi connectivity index (χ1) is 7.52. The van der Waals surface area contributed by atoms with E-state index >= 15 is 0 Å². The zero-order chi connectivity index (χ0) is 12.2. The number of ether oxygens (including phenoxy) is 1. The lowest BCUT2D eigenvalue weighted by Crippen LogP contribution is -2.61. The second kappa shape index (κ2) is 6.02. The van der Waals surface area contributed by atoms with Crippen LogP contribution in [0, 0.1) is 11.3 Å². The average Bonchev–Trinajstić information content (AvgIpc) is 2.22. The maximum Gasteiger partial charge on any atom is 0.0655 e. The van der Waals surface area contributed by atoms with E-state index in [-0.39, 0.29) is 0 Å². The minimum absolute atomic E-state index is 0.307. The van der Waals surface area contributed by atoms with Crippen LogP contribution in [-0.4, -0.2) is 25.3 Å². The maximum absolute atomic E-state index is 5.74. The third-order valence-electron chi connectivity index (χ3n) is 4.04. The molecule has 2 heteroatoms. The zero-order valence-corrected chi connectivity index (χ0v) is 11.7. The molecule has 0 spiro atoms. The van der Waals surface area contributed by atoms with Crippen molar-refractivity contribution in [1.82, 2.24) is 5.32 Å². The van der Waals surface area contributed by atoms with Gasteiger partial charge < -0.3 is 10.1 Å². The first-order valence-electron chi connectivity index (χ1n) is 6.87. The minimum atomic E-state index is 0.307. The molecule has 1 aliphatic rings. The Balaban J connectivity index is 2.25. The monoisotopic (exact) mass is 227 g/mol. The lowest BCUT2D eigenvalue weighted by molar-refractivity contribution is -0.114. The summed E-state index contributed by atoms with van der Waals surface area (Å²) in [5, 5.41) is 3.70. The predicted octanol–water partition coefficient (Wildman–Crippen LogP) is 3.22. The third-order valence-corrected chi connectivity index (χ3v) is 4.04. The highest BCUT2D eigenvalue weighted by Crippen LogP contribution is 2.42. The topological polar surface area (TPSA) is 21.3 Å². The van der Waals surface area contributed by atoms with Gasteiger partial charge in [0.05, 0.1) is 6.10 Å². The second-order valence-corrected chi connectivity index (χ2v) is 5.86. The second-order valence-electron chi connectivity index (χ2n) is 5.86. The highest BCUT2D eigenvalue weighted by Gasteiger charge is 2.48. The van der Waals surface area contributed by atoms with Gasteiger partial charge in [-0.3, -0.25) is 0 Å². The van der Waals surface area contributed by atoms with Crippen LogP contribution in [0.4, 0.5) is 0 Å². The molecule has 0 amide bonds. The molecule has 0 heterocycles. The highest BCUT2D eigenvalue weighted by atomic mass is 16.5. The number of hydrogen-bond donors (Lipinski definition) is 1. The van der Waals surface area contributed by atoms with Gasteiger partial charge in [-0.15, -0.1) is 0 Å². The van der Waals surface area contributed by atoms with Gasteiger partial charge in [0.15, 0.2) is 0 Å². The fraction of sp³-hybridized carbons (Fsp3) is 1.00. The molecule has 1 saturated carbocycles. The standard InChI is InChI=1S/C14H29NO/c1-6-8-11(3)10-15-12-9-13(16-7-2)14(12,4)5/h11-13,15H,6-10H2,1-5H3. The quantitative estimate of drug-likeness (QED) is 0.721. The largest absolute Gasteiger partial charge is 0.378 e. The molecule has 1 fully saturated rings. The SMILES string of the molecule is CCCC(C)CNC1CC(OCC)C1(C)C. The van der Waals surface area contributed by atoms with E-state index in [4.69, 9.17) is 4.74 Å². The zero-order valence-electron chi connectivity index (χ0n) is 11.7. The van der Waals surface area contributed by atoms with E-state index < -0.39 is 0 Å². The van der Waals surface area contributed by atoms with Crippen molar-refractivity contribution in [3.05, 3.63) is 0 Å². The van der Waals surface area contributed by atoms with E-state index in [1.54, 1.807) is 0 Å². The molecule has 0 aromatic carbocycles. The highest BCUT2D eigenvalue weighted by molar-refractivity contribution is 5.02. The smallest absolute Gasteiger partial charge is 0.0655 e. The predicted molar refractivity (Wildman–Crippen MR) is 69.7 cm³/mol. The lowest BCUT2D eigenvalue weighted by Gasteiger charge is -2.52. The van der Waals surface area contributed by atoms with Crippen LogP contribution < -0.4 is 5.32 Å². The molecule has 0 bridgehead atoms. The van der Waals surface area contributed by atoms with Crippen molar-refractivity contribution in [3.8, 4) is 0 Å². The molecule has 1 N–H and O–H groups in total. The van der Waals surface area contributed by atoms with Crippen molar-refractivity contribution < 1.29 is 4.74 Å². The molecule has 0 aromatic rings. The van der Waals surface area contributed by atoms with Crippen molar-refractivity contribution >= 4 is 0 Å². The Morgan fingerprint density at radius 3 is 2.56 bits per heavy atom. The molecular weight excluding hydrogens is 198 g/mol. The molecule has 16 heavy (non-hydrogen) atoms. The minimum Gasteiger partial charge on any atom is -0.378 e. The van der Waals surface area contributed by atoms with Crippen LogP contribution in [0.2, 0.25) is 0 Å². The molecule has 3 atom stereocenters. The van der Waals surface area contributed by atoms with Gasteiger partial charge in [-0.2, -0.15) is 0 Å². The van der Waals surface area contributed by atoms with E-state index in [1.807, 2.05) is 0 Å². The molecule has 96 valence electrons. The van der Waals surface area contributed by atoms with Crippen LogP contribution in [0.25, 0.3) is 0 Å². The van der Waals surface area contributed by atoms with Crippen LogP contribution in [-0.2, 0) is 4.74 Å². The third kappa shape index (κ3) is 3.21. The summed E-state index contributed by atoms with van der Waals surface area (Å²) < 4.78 is 5.74. The van der Waals surface area contributed by atoms with E-state index in [2.05, 4.69) is 39.9 Å². The van der Waals surface area contributed by atoms with Gasteiger partial charge in [0, 0.05) is 18.1 Å². The van der Waals surface area contributed by atoms with Gasteiger partial charge in [-0.25, -0.2) is 0 Å². The van der Waals surface area contributed by atoms with Gasteiger partial charge in [0.25, 0.3) is 0 Å². The Morgan fingerprint density at radius 2 is 2.06 bits per heavy atom. The van der Waals surface area contributed by atoms with Crippen LogP contribution in [0.1, 0.15) is 53.9 Å². The maximum atomic E-state index is 5.74. The van der Waals surface area contributed by atoms with E-state index in [0.29, 0.717) is 17.6 Å². The van der Waals surface area contributed by atoms with Crippen molar-refractivity contribution in [2.75, 3.05) is 13.2 Å². The van der Waals surface area contributed by atoms with Gasteiger partial charge in [-0.1, -0.05) is 34.1 Å². The van der Waals surface area contributed by atoms with Crippen LogP contribution in [0.15, 0.2) is 0 Å². The average molecular weight is 227 g/mol. The van der Waals surface area contributed by atoms with Crippen LogP contribution in [0.5, 0.6) is 0 Å². The Bertz CT molecular complexity index is 203. The fourth-order valence-corrected chi connectivity index (χ4v) is 2.65. The molecule has 2 nitrogen and oxygen atoms in total. The molecular formula is C14H29NO. The normalized spacial score (nSPS) is 29.8. The Labute approximate surface area is 101 Å². The summed E-state index contributed by atoms with van der Waals surface area (Å²) in [5.74, 6) is 0.798. The van der Waals surface area contributed by atoms with Crippen molar-refractivity contribution in [2.45, 2.75) is 66.0 Å². The Hall–Kier alpha value is -0.0800. The summed E-state index contributed by atoms with van der Waals surface area (Å²) in [6.45, 7) is 13.3.